The van der Waals surface area contributed by atoms with Crippen molar-refractivity contribution in [2.75, 3.05) is 7.11 Å². The molecule has 19 heavy (non-hydrogen) atoms. The molecule has 2 aromatic carbocycles. The lowest BCUT2D eigenvalue weighted by Gasteiger charge is -2.09. The topological polar surface area (TPSA) is 26.3 Å². The summed E-state index contributed by atoms with van der Waals surface area (Å²) in [6.45, 7) is 1.93. The summed E-state index contributed by atoms with van der Waals surface area (Å²) in [4.78, 5) is 12.2. The fraction of sp³-hybridized carbons (Fsp3) is 0.188. The highest BCUT2D eigenvalue weighted by atomic mass is 19.1. The van der Waals surface area contributed by atoms with Crippen LogP contribution in [-0.4, -0.2) is 12.9 Å². The van der Waals surface area contributed by atoms with Crippen LogP contribution in [-0.2, 0) is 6.42 Å². The molecular formula is C16H15FO2. The van der Waals surface area contributed by atoms with E-state index in [4.69, 9.17) is 4.74 Å². The van der Waals surface area contributed by atoms with Crippen LogP contribution in [0.3, 0.4) is 0 Å². The molecule has 0 aromatic heterocycles. The average molecular weight is 258 g/mol. The van der Waals surface area contributed by atoms with Gasteiger partial charge in [-0.1, -0.05) is 30.3 Å². The minimum Gasteiger partial charge on any atom is -0.496 e. The number of hydrogen-bond donors (Lipinski definition) is 0. The molecule has 0 N–H and O–H groups in total. The first-order valence-corrected chi connectivity index (χ1v) is 6.03. The molecular weight excluding hydrogens is 243 g/mol. The van der Waals surface area contributed by atoms with Gasteiger partial charge in [0.15, 0.2) is 5.78 Å². The Labute approximate surface area is 111 Å². The van der Waals surface area contributed by atoms with Crippen molar-refractivity contribution in [1.29, 1.82) is 0 Å². The van der Waals surface area contributed by atoms with E-state index in [-0.39, 0.29) is 23.5 Å². The van der Waals surface area contributed by atoms with Crippen LogP contribution in [0.15, 0.2) is 42.5 Å². The Morgan fingerprint density at radius 3 is 2.58 bits per heavy atom. The number of halogens is 1. The van der Waals surface area contributed by atoms with E-state index >= 15 is 0 Å². The van der Waals surface area contributed by atoms with Gasteiger partial charge in [0.25, 0.3) is 0 Å². The third-order valence-corrected chi connectivity index (χ3v) is 3.09. The van der Waals surface area contributed by atoms with Crippen LogP contribution >= 0.6 is 0 Å². The van der Waals surface area contributed by atoms with E-state index in [9.17, 15) is 9.18 Å². The van der Waals surface area contributed by atoms with E-state index in [0.29, 0.717) is 0 Å². The molecule has 0 bridgehead atoms. The van der Waals surface area contributed by atoms with Gasteiger partial charge in [-0.25, -0.2) is 4.39 Å². The van der Waals surface area contributed by atoms with Crippen molar-refractivity contribution in [3.63, 3.8) is 0 Å². The van der Waals surface area contributed by atoms with Crippen molar-refractivity contribution in [3.8, 4) is 5.75 Å². The van der Waals surface area contributed by atoms with Crippen molar-refractivity contribution in [2.45, 2.75) is 13.3 Å². The number of ether oxygens (including phenoxy) is 1. The predicted molar refractivity (Wildman–Crippen MR) is 72.2 cm³/mol. The molecule has 2 aromatic rings. The van der Waals surface area contributed by atoms with E-state index in [1.165, 1.54) is 19.2 Å². The third kappa shape index (κ3) is 2.81. The number of carbonyl (C=O) groups is 1. The summed E-state index contributed by atoms with van der Waals surface area (Å²) >= 11 is 0. The first kappa shape index (κ1) is 13.3. The maximum absolute atomic E-state index is 13.8. The summed E-state index contributed by atoms with van der Waals surface area (Å²) in [5, 5.41) is 0. The van der Waals surface area contributed by atoms with Crippen molar-refractivity contribution in [3.05, 3.63) is 65.0 Å². The summed E-state index contributed by atoms with van der Waals surface area (Å²) in [5.74, 6) is -0.541. The lowest BCUT2D eigenvalue weighted by molar-refractivity contribution is 0.0985. The van der Waals surface area contributed by atoms with Crippen LogP contribution in [0.5, 0.6) is 5.75 Å². The van der Waals surface area contributed by atoms with Gasteiger partial charge in [-0.05, 0) is 30.2 Å². The minimum absolute atomic E-state index is 0.0215. The highest BCUT2D eigenvalue weighted by Crippen LogP contribution is 2.23. The second kappa shape index (κ2) is 5.65. The number of Topliss-reactive ketones (excluding diaryl/α,β-unsaturated/α-hetero) is 1. The number of rotatable bonds is 4. The van der Waals surface area contributed by atoms with Gasteiger partial charge in [0, 0.05) is 6.42 Å². The van der Waals surface area contributed by atoms with Gasteiger partial charge in [-0.3, -0.25) is 4.79 Å². The molecule has 0 radical (unpaired) electrons. The number of aryl methyl sites for hydroxylation is 1. The quantitative estimate of drug-likeness (QED) is 0.784. The zero-order valence-corrected chi connectivity index (χ0v) is 10.9. The second-order valence-electron chi connectivity index (χ2n) is 4.34. The molecule has 0 spiro atoms. The molecule has 98 valence electrons. The smallest absolute Gasteiger partial charge is 0.173 e. The summed E-state index contributed by atoms with van der Waals surface area (Å²) in [6.07, 6.45) is 0.171. The zero-order chi connectivity index (χ0) is 13.8. The Morgan fingerprint density at radius 1 is 1.16 bits per heavy atom. The van der Waals surface area contributed by atoms with E-state index in [1.807, 2.05) is 31.2 Å². The molecule has 2 rings (SSSR count). The number of benzene rings is 2. The van der Waals surface area contributed by atoms with E-state index in [1.54, 1.807) is 6.07 Å². The highest BCUT2D eigenvalue weighted by Gasteiger charge is 2.18. The summed E-state index contributed by atoms with van der Waals surface area (Å²) in [6, 6.07) is 12.0. The molecule has 0 saturated heterocycles. The first-order chi connectivity index (χ1) is 9.13. The molecule has 0 aliphatic carbocycles. The fourth-order valence-corrected chi connectivity index (χ4v) is 2.01. The Hall–Kier alpha value is -2.16. The molecule has 0 saturated carbocycles. The van der Waals surface area contributed by atoms with E-state index in [2.05, 4.69) is 0 Å². The monoisotopic (exact) mass is 258 g/mol. The van der Waals surface area contributed by atoms with Gasteiger partial charge in [0.2, 0.25) is 0 Å². The Kier molecular flexibility index (Phi) is 3.95. The number of hydrogen-bond acceptors (Lipinski definition) is 2. The number of methoxy groups -OCH3 is 1. The largest absolute Gasteiger partial charge is 0.496 e. The Morgan fingerprint density at radius 2 is 1.89 bits per heavy atom. The average Bonchev–Trinajstić information content (AvgIpc) is 2.40. The highest BCUT2D eigenvalue weighted by molar-refractivity contribution is 6.00. The van der Waals surface area contributed by atoms with Crippen molar-refractivity contribution >= 4 is 5.78 Å². The maximum atomic E-state index is 13.8. The second-order valence-corrected chi connectivity index (χ2v) is 4.34. The van der Waals surface area contributed by atoms with Crippen LogP contribution in [0.4, 0.5) is 4.39 Å². The molecule has 0 unspecified atom stereocenters. The SMILES string of the molecule is COc1cccc(F)c1C(=O)Cc1ccccc1C. The van der Waals surface area contributed by atoms with Gasteiger partial charge < -0.3 is 4.74 Å². The molecule has 0 aliphatic heterocycles. The Balaban J connectivity index is 2.33. The summed E-state index contributed by atoms with van der Waals surface area (Å²) in [7, 11) is 1.43. The molecule has 0 heterocycles. The van der Waals surface area contributed by atoms with E-state index in [0.717, 1.165) is 11.1 Å². The van der Waals surface area contributed by atoms with E-state index < -0.39 is 5.82 Å². The first-order valence-electron chi connectivity index (χ1n) is 6.03. The normalized spacial score (nSPS) is 10.3. The van der Waals surface area contributed by atoms with Gasteiger partial charge in [0.1, 0.15) is 11.6 Å². The Bertz CT molecular complexity index is 605. The van der Waals surface area contributed by atoms with Gasteiger partial charge in [0.05, 0.1) is 12.7 Å². The van der Waals surface area contributed by atoms with Crippen LogP contribution in [0.1, 0.15) is 21.5 Å². The summed E-state index contributed by atoms with van der Waals surface area (Å²) in [5.41, 5.74) is 1.94. The van der Waals surface area contributed by atoms with Gasteiger partial charge >= 0.3 is 0 Å². The van der Waals surface area contributed by atoms with Crippen LogP contribution < -0.4 is 4.74 Å². The molecule has 0 fully saturated rings. The van der Waals surface area contributed by atoms with Gasteiger partial charge in [-0.2, -0.15) is 0 Å². The third-order valence-electron chi connectivity index (χ3n) is 3.09. The molecule has 2 nitrogen and oxygen atoms in total. The minimum atomic E-state index is -0.544. The van der Waals surface area contributed by atoms with Crippen molar-refractivity contribution in [1.82, 2.24) is 0 Å². The number of ketones is 1. The van der Waals surface area contributed by atoms with Crippen molar-refractivity contribution in [2.24, 2.45) is 0 Å². The molecule has 0 aliphatic rings. The fourth-order valence-electron chi connectivity index (χ4n) is 2.01. The van der Waals surface area contributed by atoms with Crippen molar-refractivity contribution < 1.29 is 13.9 Å². The zero-order valence-electron chi connectivity index (χ0n) is 10.9. The molecule has 3 heteroatoms. The van der Waals surface area contributed by atoms with Crippen LogP contribution in [0.2, 0.25) is 0 Å². The lowest BCUT2D eigenvalue weighted by Crippen LogP contribution is -2.09. The summed E-state index contributed by atoms with van der Waals surface area (Å²) < 4.78 is 18.8. The van der Waals surface area contributed by atoms with Gasteiger partial charge in [-0.15, -0.1) is 0 Å². The maximum Gasteiger partial charge on any atom is 0.173 e. The lowest BCUT2D eigenvalue weighted by atomic mass is 9.98. The predicted octanol–water partition coefficient (Wildman–Crippen LogP) is 3.57. The molecule has 0 atom stereocenters. The van der Waals surface area contributed by atoms with Crippen LogP contribution in [0.25, 0.3) is 0 Å². The van der Waals surface area contributed by atoms with Crippen LogP contribution in [0, 0.1) is 12.7 Å². The molecule has 0 amide bonds. The standard InChI is InChI=1S/C16H15FO2/c1-11-6-3-4-7-12(11)10-14(18)16-13(17)8-5-9-15(16)19-2/h3-9H,10H2,1-2H3. The number of carbonyl (C=O) groups excluding carboxylic acids is 1.